The second-order valence-electron chi connectivity index (χ2n) is 5.74. The van der Waals surface area contributed by atoms with Gasteiger partial charge in [-0.25, -0.2) is 14.6 Å². The van der Waals surface area contributed by atoms with Crippen LogP contribution in [0.5, 0.6) is 0 Å². The average molecular weight is 349 g/mol. The van der Waals surface area contributed by atoms with Gasteiger partial charge in [-0.3, -0.25) is 5.43 Å². The van der Waals surface area contributed by atoms with E-state index in [2.05, 4.69) is 21.5 Å². The third-order valence-electron chi connectivity index (χ3n) is 3.97. The quantitative estimate of drug-likeness (QED) is 0.688. The van der Waals surface area contributed by atoms with Crippen LogP contribution in [0.2, 0.25) is 5.02 Å². The van der Waals surface area contributed by atoms with Gasteiger partial charge < -0.3 is 10.6 Å². The summed E-state index contributed by atoms with van der Waals surface area (Å²) in [5, 5.41) is 6.26. The van der Waals surface area contributed by atoms with Gasteiger partial charge in [0.05, 0.1) is 12.1 Å². The van der Waals surface area contributed by atoms with Crippen LogP contribution in [-0.4, -0.2) is 18.1 Å². The fraction of sp³-hybridized carbons (Fsp3) is 0.235. The van der Waals surface area contributed by atoms with Crippen LogP contribution in [0.25, 0.3) is 0 Å². The summed E-state index contributed by atoms with van der Waals surface area (Å²) in [6.07, 6.45) is 0. The zero-order valence-corrected chi connectivity index (χ0v) is 13.8. The van der Waals surface area contributed by atoms with Gasteiger partial charge in [-0.05, 0) is 42.8 Å². The van der Waals surface area contributed by atoms with Crippen LogP contribution in [0.15, 0.2) is 48.5 Å². The number of carbonyl (C=O) groups excluding carboxylic acids is 1. The number of anilines is 1. The van der Waals surface area contributed by atoms with Gasteiger partial charge in [0.15, 0.2) is 0 Å². The highest BCUT2D eigenvalue weighted by Gasteiger charge is 2.35. The van der Waals surface area contributed by atoms with E-state index in [1.54, 1.807) is 36.4 Å². The number of benzene rings is 2. The Morgan fingerprint density at radius 1 is 1.17 bits per heavy atom. The van der Waals surface area contributed by atoms with E-state index in [1.165, 1.54) is 12.1 Å². The highest BCUT2D eigenvalue weighted by atomic mass is 35.5. The lowest BCUT2D eigenvalue weighted by atomic mass is 9.97. The molecule has 1 fully saturated rings. The largest absolute Gasteiger partial charge is 0.332 e. The Morgan fingerprint density at radius 2 is 1.92 bits per heavy atom. The van der Waals surface area contributed by atoms with E-state index in [-0.39, 0.29) is 30.0 Å². The van der Waals surface area contributed by atoms with Crippen LogP contribution in [0.4, 0.5) is 14.9 Å². The molecule has 7 heteroatoms. The summed E-state index contributed by atoms with van der Waals surface area (Å²) in [6, 6.07) is 12.5. The smallest absolute Gasteiger partial charge is 0.319 e. The molecular formula is C17H18ClFN4O. The van der Waals surface area contributed by atoms with E-state index in [4.69, 9.17) is 11.6 Å². The van der Waals surface area contributed by atoms with Crippen LogP contribution < -0.4 is 21.5 Å². The maximum atomic E-state index is 13.1. The van der Waals surface area contributed by atoms with Gasteiger partial charge in [-0.15, -0.1) is 0 Å². The van der Waals surface area contributed by atoms with E-state index >= 15 is 0 Å². The maximum absolute atomic E-state index is 13.1. The average Bonchev–Trinajstić information content (AvgIpc) is 2.89. The third kappa shape index (κ3) is 3.84. The SMILES string of the molecule is CC1NNC(c2ccc(F)cc2)C1NC(=O)Nc1cccc(Cl)c1. The second kappa shape index (κ2) is 7.17. The third-order valence-corrected chi connectivity index (χ3v) is 4.21. The molecule has 24 heavy (non-hydrogen) atoms. The van der Waals surface area contributed by atoms with Crippen molar-refractivity contribution in [3.05, 3.63) is 64.9 Å². The van der Waals surface area contributed by atoms with Gasteiger partial charge in [0.1, 0.15) is 5.82 Å². The van der Waals surface area contributed by atoms with Crippen LogP contribution in [-0.2, 0) is 0 Å². The van der Waals surface area contributed by atoms with Crippen LogP contribution in [0, 0.1) is 5.82 Å². The molecule has 5 nitrogen and oxygen atoms in total. The first-order chi connectivity index (χ1) is 11.5. The monoisotopic (exact) mass is 348 g/mol. The van der Waals surface area contributed by atoms with E-state index in [9.17, 15) is 9.18 Å². The van der Waals surface area contributed by atoms with Crippen molar-refractivity contribution >= 4 is 23.3 Å². The molecule has 3 unspecified atom stereocenters. The van der Waals surface area contributed by atoms with Crippen LogP contribution in [0.3, 0.4) is 0 Å². The Morgan fingerprint density at radius 3 is 2.62 bits per heavy atom. The van der Waals surface area contributed by atoms with Crippen molar-refractivity contribution in [1.29, 1.82) is 0 Å². The van der Waals surface area contributed by atoms with E-state index in [1.807, 2.05) is 6.92 Å². The summed E-state index contributed by atoms with van der Waals surface area (Å²) in [6.45, 7) is 1.96. The maximum Gasteiger partial charge on any atom is 0.319 e. The van der Waals surface area contributed by atoms with E-state index < -0.39 is 0 Å². The first-order valence-corrected chi connectivity index (χ1v) is 8.00. The number of hydrazine groups is 1. The standard InChI is InChI=1S/C17H18ClFN4O/c1-10-15(16(23-22-10)11-5-7-13(19)8-6-11)21-17(24)20-14-4-2-3-12(18)9-14/h2-10,15-16,22-23H,1H3,(H2,20,21,24). The normalized spacial score (nSPS) is 23.0. The van der Waals surface area contributed by atoms with E-state index in [0.29, 0.717) is 10.7 Å². The van der Waals surface area contributed by atoms with Crippen molar-refractivity contribution < 1.29 is 9.18 Å². The molecule has 0 aromatic heterocycles. The molecule has 0 radical (unpaired) electrons. The Labute approximate surface area is 144 Å². The Bertz CT molecular complexity index is 725. The fourth-order valence-corrected chi connectivity index (χ4v) is 2.93. The number of rotatable bonds is 3. The van der Waals surface area contributed by atoms with Gasteiger partial charge in [-0.2, -0.15) is 0 Å². The molecule has 2 aromatic rings. The molecule has 1 aliphatic heterocycles. The fourth-order valence-electron chi connectivity index (χ4n) is 2.74. The van der Waals surface area contributed by atoms with Crippen molar-refractivity contribution in [3.63, 3.8) is 0 Å². The molecule has 3 rings (SSSR count). The molecule has 1 saturated heterocycles. The number of amides is 2. The van der Waals surface area contributed by atoms with Crippen LogP contribution >= 0.6 is 11.6 Å². The summed E-state index contributed by atoms with van der Waals surface area (Å²) in [5.41, 5.74) is 7.74. The molecule has 0 spiro atoms. The summed E-state index contributed by atoms with van der Waals surface area (Å²) in [5.74, 6) is -0.291. The highest BCUT2D eigenvalue weighted by molar-refractivity contribution is 6.30. The lowest BCUT2D eigenvalue weighted by Gasteiger charge is -2.23. The summed E-state index contributed by atoms with van der Waals surface area (Å²) < 4.78 is 13.1. The molecule has 2 amide bonds. The zero-order chi connectivity index (χ0) is 17.1. The number of nitrogens with one attached hydrogen (secondary N) is 4. The van der Waals surface area contributed by atoms with Crippen LogP contribution in [0.1, 0.15) is 18.5 Å². The molecule has 1 heterocycles. The first-order valence-electron chi connectivity index (χ1n) is 7.62. The van der Waals surface area contributed by atoms with Gasteiger partial charge in [0, 0.05) is 16.8 Å². The van der Waals surface area contributed by atoms with Crippen molar-refractivity contribution in [2.24, 2.45) is 0 Å². The highest BCUT2D eigenvalue weighted by Crippen LogP contribution is 2.23. The molecular weight excluding hydrogens is 331 g/mol. The lowest BCUT2D eigenvalue weighted by molar-refractivity contribution is 0.246. The summed E-state index contributed by atoms with van der Waals surface area (Å²) >= 11 is 5.92. The van der Waals surface area contributed by atoms with Crippen molar-refractivity contribution in [3.8, 4) is 0 Å². The first kappa shape index (κ1) is 16.7. The van der Waals surface area contributed by atoms with Crippen molar-refractivity contribution in [2.45, 2.75) is 25.0 Å². The van der Waals surface area contributed by atoms with Gasteiger partial charge >= 0.3 is 6.03 Å². The number of carbonyl (C=O) groups is 1. The topological polar surface area (TPSA) is 65.2 Å². The predicted octanol–water partition coefficient (Wildman–Crippen LogP) is 3.21. The Balaban J connectivity index is 1.69. The summed E-state index contributed by atoms with van der Waals surface area (Å²) in [7, 11) is 0. The minimum Gasteiger partial charge on any atom is -0.332 e. The minimum absolute atomic E-state index is 0.00478. The van der Waals surface area contributed by atoms with Gasteiger partial charge in [0.2, 0.25) is 0 Å². The minimum atomic E-state index is -0.327. The predicted molar refractivity (Wildman–Crippen MR) is 92.3 cm³/mol. The molecule has 1 aliphatic rings. The molecule has 3 atom stereocenters. The molecule has 0 bridgehead atoms. The van der Waals surface area contributed by atoms with Gasteiger partial charge in [-0.1, -0.05) is 29.8 Å². The molecule has 4 N–H and O–H groups in total. The number of halogens is 2. The lowest BCUT2D eigenvalue weighted by Crippen LogP contribution is -2.46. The molecule has 0 saturated carbocycles. The van der Waals surface area contributed by atoms with Crippen molar-refractivity contribution in [1.82, 2.24) is 16.2 Å². The molecule has 0 aliphatic carbocycles. The number of hydrogen-bond donors (Lipinski definition) is 4. The summed E-state index contributed by atoms with van der Waals surface area (Å²) in [4.78, 5) is 12.3. The second-order valence-corrected chi connectivity index (χ2v) is 6.18. The van der Waals surface area contributed by atoms with Gasteiger partial charge in [0.25, 0.3) is 0 Å². The number of urea groups is 1. The number of hydrogen-bond acceptors (Lipinski definition) is 3. The molecule has 126 valence electrons. The van der Waals surface area contributed by atoms with Crippen molar-refractivity contribution in [2.75, 3.05) is 5.32 Å². The van der Waals surface area contributed by atoms with E-state index in [0.717, 1.165) is 5.56 Å². The molecule has 2 aromatic carbocycles. The zero-order valence-electron chi connectivity index (χ0n) is 13.0. The Hall–Kier alpha value is -2.15. The Kier molecular flexibility index (Phi) is 4.99.